The van der Waals surface area contributed by atoms with E-state index in [4.69, 9.17) is 18.4 Å². The SMILES string of the molecule is O=C(NCCCOC[C@H]1CCCO1)c1cc(-c2ccco2)on1. The molecular formula is C16H20N2O5. The molecule has 0 aliphatic carbocycles. The van der Waals surface area contributed by atoms with Crippen LogP contribution in [0.4, 0.5) is 0 Å². The lowest BCUT2D eigenvalue weighted by Gasteiger charge is -2.09. The van der Waals surface area contributed by atoms with E-state index < -0.39 is 0 Å². The van der Waals surface area contributed by atoms with Gasteiger partial charge in [0.15, 0.2) is 11.5 Å². The van der Waals surface area contributed by atoms with Crippen LogP contribution in [0.15, 0.2) is 33.4 Å². The molecule has 23 heavy (non-hydrogen) atoms. The van der Waals surface area contributed by atoms with Crippen LogP contribution in [0.1, 0.15) is 29.8 Å². The molecule has 3 rings (SSSR count). The molecule has 1 atom stereocenters. The quantitative estimate of drug-likeness (QED) is 0.751. The third kappa shape index (κ3) is 4.43. The first kappa shape index (κ1) is 15.8. The Bertz CT molecular complexity index is 602. The van der Waals surface area contributed by atoms with Crippen molar-refractivity contribution in [2.45, 2.75) is 25.4 Å². The van der Waals surface area contributed by atoms with Crippen LogP contribution in [0.25, 0.3) is 11.5 Å². The minimum Gasteiger partial charge on any atom is -0.461 e. The maximum atomic E-state index is 11.9. The molecular weight excluding hydrogens is 300 g/mol. The van der Waals surface area contributed by atoms with Gasteiger partial charge in [-0.15, -0.1) is 0 Å². The Morgan fingerprint density at radius 3 is 3.17 bits per heavy atom. The number of carbonyl (C=O) groups excluding carboxylic acids is 1. The Morgan fingerprint density at radius 1 is 1.43 bits per heavy atom. The van der Waals surface area contributed by atoms with Crippen molar-refractivity contribution in [3.8, 4) is 11.5 Å². The molecule has 1 N–H and O–H groups in total. The summed E-state index contributed by atoms with van der Waals surface area (Å²) in [6, 6.07) is 5.05. The van der Waals surface area contributed by atoms with Crippen LogP contribution in [-0.4, -0.2) is 43.5 Å². The van der Waals surface area contributed by atoms with E-state index in [1.165, 1.54) is 6.26 Å². The highest BCUT2D eigenvalue weighted by Gasteiger charge is 2.16. The van der Waals surface area contributed by atoms with Crippen LogP contribution >= 0.6 is 0 Å². The molecule has 7 heteroatoms. The summed E-state index contributed by atoms with van der Waals surface area (Å²) in [5, 5.41) is 6.53. The number of carbonyl (C=O) groups is 1. The largest absolute Gasteiger partial charge is 0.461 e. The number of aromatic nitrogens is 1. The molecule has 124 valence electrons. The van der Waals surface area contributed by atoms with Crippen LogP contribution in [0.5, 0.6) is 0 Å². The number of hydrogen-bond acceptors (Lipinski definition) is 6. The second-order valence-corrected chi connectivity index (χ2v) is 5.37. The highest BCUT2D eigenvalue weighted by Crippen LogP contribution is 2.20. The maximum Gasteiger partial charge on any atom is 0.273 e. The van der Waals surface area contributed by atoms with Crippen molar-refractivity contribution < 1.29 is 23.2 Å². The molecule has 0 radical (unpaired) electrons. The zero-order valence-corrected chi connectivity index (χ0v) is 12.8. The van der Waals surface area contributed by atoms with Gasteiger partial charge in [-0.3, -0.25) is 4.79 Å². The van der Waals surface area contributed by atoms with Gasteiger partial charge < -0.3 is 23.7 Å². The summed E-state index contributed by atoms with van der Waals surface area (Å²) in [4.78, 5) is 11.9. The molecule has 0 spiro atoms. The summed E-state index contributed by atoms with van der Waals surface area (Å²) >= 11 is 0. The molecule has 0 unspecified atom stereocenters. The van der Waals surface area contributed by atoms with Crippen LogP contribution < -0.4 is 5.32 Å². The average Bonchev–Trinajstić information content (AvgIpc) is 3.32. The second kappa shape index (κ2) is 7.94. The van der Waals surface area contributed by atoms with E-state index >= 15 is 0 Å². The van der Waals surface area contributed by atoms with Crippen molar-refractivity contribution in [3.63, 3.8) is 0 Å². The zero-order chi connectivity index (χ0) is 15.9. The fourth-order valence-electron chi connectivity index (χ4n) is 2.37. The van der Waals surface area contributed by atoms with Crippen molar-refractivity contribution >= 4 is 5.91 Å². The first-order valence-electron chi connectivity index (χ1n) is 7.81. The highest BCUT2D eigenvalue weighted by molar-refractivity contribution is 5.92. The summed E-state index contributed by atoms with van der Waals surface area (Å²) in [5.74, 6) is 0.699. The average molecular weight is 320 g/mol. The van der Waals surface area contributed by atoms with Crippen LogP contribution in [-0.2, 0) is 9.47 Å². The van der Waals surface area contributed by atoms with Crippen LogP contribution in [0.3, 0.4) is 0 Å². The van der Waals surface area contributed by atoms with Gasteiger partial charge in [0.2, 0.25) is 5.76 Å². The Balaban J connectivity index is 1.33. The van der Waals surface area contributed by atoms with Crippen LogP contribution in [0, 0.1) is 0 Å². The fourth-order valence-corrected chi connectivity index (χ4v) is 2.37. The van der Waals surface area contributed by atoms with E-state index in [2.05, 4.69) is 10.5 Å². The van der Waals surface area contributed by atoms with E-state index in [-0.39, 0.29) is 17.7 Å². The van der Waals surface area contributed by atoms with Crippen molar-refractivity contribution in [3.05, 3.63) is 30.2 Å². The lowest BCUT2D eigenvalue weighted by Crippen LogP contribution is -2.26. The van der Waals surface area contributed by atoms with Crippen molar-refractivity contribution in [2.75, 3.05) is 26.4 Å². The third-order valence-electron chi connectivity index (χ3n) is 3.59. The molecule has 0 aromatic carbocycles. The molecule has 1 aliphatic rings. The highest BCUT2D eigenvalue weighted by atomic mass is 16.5. The normalized spacial score (nSPS) is 17.5. The van der Waals surface area contributed by atoms with Gasteiger partial charge in [0, 0.05) is 25.8 Å². The summed E-state index contributed by atoms with van der Waals surface area (Å²) in [6.07, 6.45) is 4.69. The summed E-state index contributed by atoms with van der Waals surface area (Å²) in [5.41, 5.74) is 0.233. The predicted molar refractivity (Wildman–Crippen MR) is 80.9 cm³/mol. The monoisotopic (exact) mass is 320 g/mol. The van der Waals surface area contributed by atoms with Gasteiger partial charge in [-0.05, 0) is 31.4 Å². The van der Waals surface area contributed by atoms with Gasteiger partial charge in [-0.1, -0.05) is 5.16 Å². The predicted octanol–water partition coefficient (Wildman–Crippen LogP) is 2.25. The number of nitrogens with zero attached hydrogens (tertiary/aromatic N) is 1. The van der Waals surface area contributed by atoms with E-state index in [1.807, 2.05) is 0 Å². The molecule has 0 bridgehead atoms. The number of amides is 1. The maximum absolute atomic E-state index is 11.9. The fraction of sp³-hybridized carbons (Fsp3) is 0.500. The second-order valence-electron chi connectivity index (χ2n) is 5.37. The Morgan fingerprint density at radius 2 is 2.39 bits per heavy atom. The summed E-state index contributed by atoms with van der Waals surface area (Å²) in [7, 11) is 0. The number of hydrogen-bond donors (Lipinski definition) is 1. The first-order chi connectivity index (χ1) is 11.3. The number of ether oxygens (including phenoxy) is 2. The van der Waals surface area contributed by atoms with E-state index in [0.717, 1.165) is 25.9 Å². The summed E-state index contributed by atoms with van der Waals surface area (Å²) in [6.45, 7) is 2.58. The minimum absolute atomic E-state index is 0.233. The van der Waals surface area contributed by atoms with Gasteiger partial charge in [-0.2, -0.15) is 0 Å². The third-order valence-corrected chi connectivity index (χ3v) is 3.59. The molecule has 1 saturated heterocycles. The molecule has 1 aliphatic heterocycles. The molecule has 1 fully saturated rings. The number of furan rings is 1. The number of nitrogens with one attached hydrogen (secondary N) is 1. The first-order valence-corrected chi connectivity index (χ1v) is 7.81. The van der Waals surface area contributed by atoms with Crippen molar-refractivity contribution in [1.82, 2.24) is 10.5 Å². The Kier molecular flexibility index (Phi) is 5.44. The molecule has 7 nitrogen and oxygen atoms in total. The van der Waals surface area contributed by atoms with E-state index in [0.29, 0.717) is 31.3 Å². The van der Waals surface area contributed by atoms with Crippen molar-refractivity contribution in [1.29, 1.82) is 0 Å². The molecule has 2 aromatic rings. The van der Waals surface area contributed by atoms with Gasteiger partial charge >= 0.3 is 0 Å². The Hall–Kier alpha value is -2.12. The van der Waals surface area contributed by atoms with Gasteiger partial charge in [-0.25, -0.2) is 0 Å². The number of rotatable bonds is 8. The van der Waals surface area contributed by atoms with Gasteiger partial charge in [0.25, 0.3) is 5.91 Å². The standard InChI is InChI=1S/C16H20N2O5/c19-16(13-10-15(23-18-13)14-5-2-9-22-14)17-6-3-7-20-11-12-4-1-8-21-12/h2,5,9-10,12H,1,3-4,6-8,11H2,(H,17,19)/t12-/m1/s1. The minimum atomic E-state index is -0.273. The smallest absolute Gasteiger partial charge is 0.273 e. The van der Waals surface area contributed by atoms with Crippen LogP contribution in [0.2, 0.25) is 0 Å². The van der Waals surface area contributed by atoms with E-state index in [9.17, 15) is 4.79 Å². The molecule has 1 amide bonds. The van der Waals surface area contributed by atoms with E-state index in [1.54, 1.807) is 18.2 Å². The van der Waals surface area contributed by atoms with Crippen molar-refractivity contribution in [2.24, 2.45) is 0 Å². The Labute approximate surface area is 133 Å². The topological polar surface area (TPSA) is 86.7 Å². The zero-order valence-electron chi connectivity index (χ0n) is 12.8. The van der Waals surface area contributed by atoms with Gasteiger partial charge in [0.1, 0.15) is 0 Å². The molecule has 2 aromatic heterocycles. The lowest BCUT2D eigenvalue weighted by atomic mass is 10.2. The lowest BCUT2D eigenvalue weighted by molar-refractivity contribution is 0.0166. The molecule has 0 saturated carbocycles. The summed E-state index contributed by atoms with van der Waals surface area (Å²) < 4.78 is 21.3. The molecule has 3 heterocycles. The van der Waals surface area contributed by atoms with Gasteiger partial charge in [0.05, 0.1) is 19.0 Å².